The second-order valence-electron chi connectivity index (χ2n) is 6.11. The molecule has 5 nitrogen and oxygen atoms in total. The van der Waals surface area contributed by atoms with E-state index < -0.39 is 0 Å². The first kappa shape index (κ1) is 15.7. The van der Waals surface area contributed by atoms with Crippen LogP contribution < -0.4 is 5.32 Å². The summed E-state index contributed by atoms with van der Waals surface area (Å²) in [7, 11) is 0. The average Bonchev–Trinajstić information content (AvgIpc) is 3.27. The maximum absolute atomic E-state index is 12.4. The maximum atomic E-state index is 12.4. The molecule has 5 heteroatoms. The van der Waals surface area contributed by atoms with Gasteiger partial charge in [0, 0.05) is 25.0 Å². The van der Waals surface area contributed by atoms with Gasteiger partial charge in [0.25, 0.3) is 5.91 Å². The molecule has 122 valence electrons. The number of nitrogens with zero attached hydrogens (tertiary/aromatic N) is 3. The Labute approximate surface area is 137 Å². The van der Waals surface area contributed by atoms with Crippen molar-refractivity contribution in [1.29, 1.82) is 0 Å². The zero-order valence-electron chi connectivity index (χ0n) is 13.6. The van der Waals surface area contributed by atoms with Crippen LogP contribution in [-0.4, -0.2) is 46.0 Å². The van der Waals surface area contributed by atoms with Crippen LogP contribution >= 0.6 is 0 Å². The van der Waals surface area contributed by atoms with Crippen molar-refractivity contribution in [1.82, 2.24) is 19.8 Å². The molecule has 0 aliphatic carbocycles. The highest BCUT2D eigenvalue weighted by molar-refractivity contribution is 5.93. The van der Waals surface area contributed by atoms with Crippen molar-refractivity contribution in [2.24, 2.45) is 0 Å². The predicted molar refractivity (Wildman–Crippen MR) is 90.8 cm³/mol. The summed E-state index contributed by atoms with van der Waals surface area (Å²) >= 11 is 0. The monoisotopic (exact) mass is 312 g/mol. The summed E-state index contributed by atoms with van der Waals surface area (Å²) in [5, 5.41) is 3.04. The number of pyridine rings is 1. The van der Waals surface area contributed by atoms with Gasteiger partial charge in [-0.05, 0) is 63.5 Å². The van der Waals surface area contributed by atoms with Gasteiger partial charge < -0.3 is 14.8 Å². The predicted octanol–water partition coefficient (Wildman–Crippen LogP) is 2.48. The molecule has 0 bridgehead atoms. The molecule has 1 aliphatic heterocycles. The third-order valence-corrected chi connectivity index (χ3v) is 4.52. The summed E-state index contributed by atoms with van der Waals surface area (Å²) in [4.78, 5) is 19.1. The molecule has 1 atom stereocenters. The molecule has 1 aliphatic rings. The largest absolute Gasteiger partial charge is 0.351 e. The van der Waals surface area contributed by atoms with E-state index in [2.05, 4.69) is 22.1 Å². The summed E-state index contributed by atoms with van der Waals surface area (Å²) in [6.07, 6.45) is 8.96. The Bertz CT molecular complexity index is 631. The molecule has 3 heterocycles. The highest BCUT2D eigenvalue weighted by atomic mass is 16.1. The van der Waals surface area contributed by atoms with Crippen molar-refractivity contribution in [3.63, 3.8) is 0 Å². The Kier molecular flexibility index (Phi) is 5.08. The maximum Gasteiger partial charge on any atom is 0.268 e. The number of carbonyl (C=O) groups is 1. The first-order valence-corrected chi connectivity index (χ1v) is 8.36. The van der Waals surface area contributed by atoms with Crippen LogP contribution in [0.25, 0.3) is 5.69 Å². The van der Waals surface area contributed by atoms with Crippen LogP contribution in [-0.2, 0) is 0 Å². The van der Waals surface area contributed by atoms with Crippen molar-refractivity contribution >= 4 is 5.91 Å². The lowest BCUT2D eigenvalue weighted by atomic mass is 10.2. The average molecular weight is 312 g/mol. The van der Waals surface area contributed by atoms with E-state index >= 15 is 0 Å². The van der Waals surface area contributed by atoms with Gasteiger partial charge in [0.1, 0.15) is 5.69 Å². The third-order valence-electron chi connectivity index (χ3n) is 4.52. The molecule has 1 fully saturated rings. The second kappa shape index (κ2) is 7.42. The summed E-state index contributed by atoms with van der Waals surface area (Å²) in [5.74, 6) is -0.0347. The fourth-order valence-electron chi connectivity index (χ4n) is 3.14. The van der Waals surface area contributed by atoms with Gasteiger partial charge in [-0.25, -0.2) is 0 Å². The standard InChI is InChI=1S/C18H24N4O/c1-15(21-11-2-3-12-21)8-10-20-18(23)17-7-5-13-22(17)16-6-4-9-19-14-16/h4-7,9,13-15H,2-3,8,10-12H2,1H3,(H,20,23)/t15-/m1/s1. The number of aromatic nitrogens is 2. The van der Waals surface area contributed by atoms with Gasteiger partial charge in [0.15, 0.2) is 0 Å². The number of likely N-dealkylation sites (tertiary alicyclic amines) is 1. The second-order valence-corrected chi connectivity index (χ2v) is 6.11. The molecule has 1 saturated heterocycles. The molecule has 3 rings (SSSR count). The van der Waals surface area contributed by atoms with Gasteiger partial charge in [0.05, 0.1) is 11.9 Å². The highest BCUT2D eigenvalue weighted by Crippen LogP contribution is 2.14. The normalized spacial score (nSPS) is 16.4. The SMILES string of the molecule is C[C@H](CCNC(=O)c1cccn1-c1cccnc1)N1CCCC1. The van der Waals surface area contributed by atoms with Crippen LogP contribution in [0.5, 0.6) is 0 Å². The highest BCUT2D eigenvalue weighted by Gasteiger charge is 2.18. The van der Waals surface area contributed by atoms with E-state index in [1.807, 2.05) is 35.0 Å². The van der Waals surface area contributed by atoms with E-state index in [9.17, 15) is 4.79 Å². The van der Waals surface area contributed by atoms with Gasteiger partial charge in [-0.15, -0.1) is 0 Å². The first-order chi connectivity index (χ1) is 11.3. The van der Waals surface area contributed by atoms with Crippen LogP contribution in [0.15, 0.2) is 42.9 Å². The van der Waals surface area contributed by atoms with Gasteiger partial charge in [-0.2, -0.15) is 0 Å². The van der Waals surface area contributed by atoms with E-state index in [0.29, 0.717) is 18.3 Å². The minimum atomic E-state index is -0.0347. The molecule has 0 spiro atoms. The van der Waals surface area contributed by atoms with Crippen LogP contribution in [0.3, 0.4) is 0 Å². The number of amides is 1. The Hall–Kier alpha value is -2.14. The van der Waals surface area contributed by atoms with Gasteiger partial charge in [-0.3, -0.25) is 9.78 Å². The molecule has 0 radical (unpaired) electrons. The van der Waals surface area contributed by atoms with Crippen molar-refractivity contribution < 1.29 is 4.79 Å². The minimum Gasteiger partial charge on any atom is -0.351 e. The number of rotatable bonds is 6. The quantitative estimate of drug-likeness (QED) is 0.891. The van der Waals surface area contributed by atoms with Crippen LogP contribution in [0.2, 0.25) is 0 Å². The molecular weight excluding hydrogens is 288 g/mol. The van der Waals surface area contributed by atoms with E-state index in [1.54, 1.807) is 12.4 Å². The summed E-state index contributed by atoms with van der Waals surface area (Å²) < 4.78 is 1.87. The van der Waals surface area contributed by atoms with Crippen molar-refractivity contribution in [3.05, 3.63) is 48.5 Å². The van der Waals surface area contributed by atoms with Gasteiger partial charge in [0.2, 0.25) is 0 Å². The van der Waals surface area contributed by atoms with E-state index in [4.69, 9.17) is 0 Å². The summed E-state index contributed by atoms with van der Waals surface area (Å²) in [6.45, 7) is 5.34. The molecule has 0 unspecified atom stereocenters. The van der Waals surface area contributed by atoms with Gasteiger partial charge >= 0.3 is 0 Å². The molecule has 23 heavy (non-hydrogen) atoms. The molecular formula is C18H24N4O. The van der Waals surface area contributed by atoms with Crippen LogP contribution in [0.1, 0.15) is 36.7 Å². The Morgan fingerprint density at radius 3 is 2.87 bits per heavy atom. The summed E-state index contributed by atoms with van der Waals surface area (Å²) in [6, 6.07) is 8.07. The summed E-state index contributed by atoms with van der Waals surface area (Å²) in [5.41, 5.74) is 1.54. The zero-order chi connectivity index (χ0) is 16.1. The van der Waals surface area contributed by atoms with E-state index in [-0.39, 0.29) is 5.91 Å². The Morgan fingerprint density at radius 2 is 2.13 bits per heavy atom. The van der Waals surface area contributed by atoms with Crippen LogP contribution in [0.4, 0.5) is 0 Å². The van der Waals surface area contributed by atoms with Crippen molar-refractivity contribution in [3.8, 4) is 5.69 Å². The first-order valence-electron chi connectivity index (χ1n) is 8.36. The molecule has 0 aromatic carbocycles. The fraction of sp³-hybridized carbons (Fsp3) is 0.444. The lowest BCUT2D eigenvalue weighted by Gasteiger charge is -2.23. The van der Waals surface area contributed by atoms with Crippen molar-refractivity contribution in [2.45, 2.75) is 32.2 Å². The fourth-order valence-corrected chi connectivity index (χ4v) is 3.14. The lowest BCUT2D eigenvalue weighted by Crippen LogP contribution is -2.35. The van der Waals surface area contributed by atoms with E-state index in [1.165, 1.54) is 25.9 Å². The Morgan fingerprint density at radius 1 is 1.30 bits per heavy atom. The molecule has 1 amide bonds. The Balaban J connectivity index is 1.56. The minimum absolute atomic E-state index is 0.0347. The zero-order valence-corrected chi connectivity index (χ0v) is 13.6. The topological polar surface area (TPSA) is 50.2 Å². The molecule has 2 aromatic heterocycles. The smallest absolute Gasteiger partial charge is 0.268 e. The molecule has 0 saturated carbocycles. The third kappa shape index (κ3) is 3.79. The van der Waals surface area contributed by atoms with Crippen LogP contribution in [0, 0.1) is 0 Å². The number of carbonyl (C=O) groups excluding carboxylic acids is 1. The lowest BCUT2D eigenvalue weighted by molar-refractivity contribution is 0.0942. The number of hydrogen-bond donors (Lipinski definition) is 1. The van der Waals surface area contributed by atoms with Crippen molar-refractivity contribution in [2.75, 3.05) is 19.6 Å². The number of nitrogens with one attached hydrogen (secondary N) is 1. The molecule has 1 N–H and O–H groups in total. The number of hydrogen-bond acceptors (Lipinski definition) is 3. The molecule has 2 aromatic rings. The van der Waals surface area contributed by atoms with E-state index in [0.717, 1.165) is 12.1 Å². The van der Waals surface area contributed by atoms with Gasteiger partial charge in [-0.1, -0.05) is 0 Å².